The molecule has 0 spiro atoms. The van der Waals surface area contributed by atoms with Crippen molar-refractivity contribution in [3.63, 3.8) is 0 Å². The van der Waals surface area contributed by atoms with E-state index in [1.165, 1.54) is 12.1 Å². The van der Waals surface area contributed by atoms with Crippen LogP contribution < -0.4 is 5.32 Å². The number of hydrogen-bond acceptors (Lipinski definition) is 3. The second-order valence-electron chi connectivity index (χ2n) is 4.26. The Labute approximate surface area is 120 Å². The molecule has 0 unspecified atom stereocenters. The highest BCUT2D eigenvalue weighted by molar-refractivity contribution is 6.30. The monoisotopic (exact) mass is 294 g/mol. The number of hydrogen-bond donors (Lipinski definition) is 1. The predicted molar refractivity (Wildman–Crippen MR) is 76.7 cm³/mol. The zero-order valence-electron chi connectivity index (χ0n) is 10.5. The van der Waals surface area contributed by atoms with Crippen molar-refractivity contribution in [2.45, 2.75) is 6.42 Å². The topological polar surface area (TPSA) is 55.2 Å². The first-order chi connectivity index (χ1) is 9.54. The Morgan fingerprint density at radius 2 is 1.90 bits per heavy atom. The molecular weight excluding hydrogens is 283 g/mol. The largest absolute Gasteiger partial charge is 0.384 e. The summed E-state index contributed by atoms with van der Waals surface area (Å²) in [6.45, 7) is 0.544. The molecule has 2 rings (SSSR count). The van der Waals surface area contributed by atoms with Crippen molar-refractivity contribution in [1.29, 1.82) is 0 Å². The highest BCUT2D eigenvalue weighted by Crippen LogP contribution is 2.20. The summed E-state index contributed by atoms with van der Waals surface area (Å²) in [5.41, 5.74) is 1.21. The van der Waals surface area contributed by atoms with Crippen molar-refractivity contribution in [3.05, 3.63) is 69.0 Å². The lowest BCUT2D eigenvalue weighted by molar-refractivity contribution is -0.385. The van der Waals surface area contributed by atoms with Crippen LogP contribution in [-0.4, -0.2) is 11.5 Å². The second kappa shape index (κ2) is 6.34. The Hall–Kier alpha value is -2.14. The highest BCUT2D eigenvalue weighted by atomic mass is 35.5. The first kappa shape index (κ1) is 14.3. The number of halogens is 2. The molecule has 0 atom stereocenters. The summed E-state index contributed by atoms with van der Waals surface area (Å²) in [5.74, 6) is -0.631. The summed E-state index contributed by atoms with van der Waals surface area (Å²) in [6.07, 6.45) is 0.710. The van der Waals surface area contributed by atoms with E-state index in [1.807, 2.05) is 12.1 Å². The molecule has 0 saturated heterocycles. The lowest BCUT2D eigenvalue weighted by atomic mass is 10.1. The minimum Gasteiger partial charge on any atom is -0.384 e. The van der Waals surface area contributed by atoms with Gasteiger partial charge in [-0.05, 0) is 30.2 Å². The van der Waals surface area contributed by atoms with E-state index in [0.717, 1.165) is 11.6 Å². The average molecular weight is 295 g/mol. The van der Waals surface area contributed by atoms with Crippen LogP contribution in [0, 0.1) is 15.9 Å². The minimum atomic E-state index is -0.631. The fraction of sp³-hybridized carbons (Fsp3) is 0.143. The van der Waals surface area contributed by atoms with Gasteiger partial charge in [0.2, 0.25) is 0 Å². The summed E-state index contributed by atoms with van der Waals surface area (Å²) in [5, 5.41) is 14.3. The van der Waals surface area contributed by atoms with Gasteiger partial charge >= 0.3 is 0 Å². The lowest BCUT2D eigenvalue weighted by Gasteiger charge is -2.07. The van der Waals surface area contributed by atoms with Gasteiger partial charge in [0, 0.05) is 23.3 Å². The van der Waals surface area contributed by atoms with Gasteiger partial charge < -0.3 is 5.32 Å². The zero-order chi connectivity index (χ0) is 14.5. The molecule has 0 fully saturated rings. The summed E-state index contributed by atoms with van der Waals surface area (Å²) < 4.78 is 13.2. The summed E-state index contributed by atoms with van der Waals surface area (Å²) in [6, 6.07) is 10.8. The van der Waals surface area contributed by atoms with E-state index < -0.39 is 10.7 Å². The molecule has 0 radical (unpaired) electrons. The lowest BCUT2D eigenvalue weighted by Crippen LogP contribution is -2.05. The number of nitrogens with zero attached hydrogens (tertiary/aromatic N) is 1. The molecule has 0 amide bonds. The predicted octanol–water partition coefficient (Wildman–Crippen LogP) is 4.04. The molecule has 4 nitrogen and oxygen atoms in total. The molecule has 20 heavy (non-hydrogen) atoms. The van der Waals surface area contributed by atoms with Crippen LogP contribution in [0.25, 0.3) is 0 Å². The second-order valence-corrected chi connectivity index (χ2v) is 4.69. The zero-order valence-corrected chi connectivity index (χ0v) is 11.2. The Morgan fingerprint density at radius 3 is 2.55 bits per heavy atom. The molecular formula is C14H12ClFN2O2. The Balaban J connectivity index is 1.97. The Kier molecular flexibility index (Phi) is 4.53. The van der Waals surface area contributed by atoms with Gasteiger partial charge in [0.05, 0.1) is 11.0 Å². The van der Waals surface area contributed by atoms with Crippen molar-refractivity contribution in [1.82, 2.24) is 0 Å². The van der Waals surface area contributed by atoms with Crippen molar-refractivity contribution >= 4 is 23.0 Å². The molecule has 2 aromatic rings. The molecule has 2 aromatic carbocycles. The number of benzene rings is 2. The van der Waals surface area contributed by atoms with Crippen LogP contribution in [0.4, 0.5) is 15.8 Å². The standard InChI is InChI=1S/C14H12ClFN2O2/c15-11-3-1-10(2-4-11)5-6-17-13-7-12(16)8-14(9-13)18(19)20/h1-4,7-9,17H,5-6H2. The van der Waals surface area contributed by atoms with Crippen LogP contribution in [-0.2, 0) is 6.42 Å². The molecule has 0 saturated carbocycles. The van der Waals surface area contributed by atoms with E-state index in [1.54, 1.807) is 12.1 Å². The van der Waals surface area contributed by atoms with Crippen LogP contribution in [0.2, 0.25) is 5.02 Å². The first-order valence-electron chi connectivity index (χ1n) is 5.98. The number of nitro groups is 1. The molecule has 0 aliphatic heterocycles. The van der Waals surface area contributed by atoms with Gasteiger partial charge in [-0.15, -0.1) is 0 Å². The molecule has 104 valence electrons. The van der Waals surface area contributed by atoms with Gasteiger partial charge in [-0.2, -0.15) is 0 Å². The molecule has 0 heterocycles. The SMILES string of the molecule is O=[N+]([O-])c1cc(F)cc(NCCc2ccc(Cl)cc2)c1. The third kappa shape index (κ3) is 3.93. The van der Waals surface area contributed by atoms with E-state index in [9.17, 15) is 14.5 Å². The van der Waals surface area contributed by atoms with E-state index in [4.69, 9.17) is 11.6 Å². The summed E-state index contributed by atoms with van der Waals surface area (Å²) in [4.78, 5) is 10.0. The maximum absolute atomic E-state index is 13.2. The summed E-state index contributed by atoms with van der Waals surface area (Å²) in [7, 11) is 0. The molecule has 0 aromatic heterocycles. The number of non-ortho nitro benzene ring substituents is 1. The average Bonchev–Trinajstić information content (AvgIpc) is 2.40. The Bertz CT molecular complexity index is 617. The van der Waals surface area contributed by atoms with Crippen LogP contribution >= 0.6 is 11.6 Å². The molecule has 0 bridgehead atoms. The van der Waals surface area contributed by atoms with Crippen molar-refractivity contribution < 1.29 is 9.31 Å². The highest BCUT2D eigenvalue weighted by Gasteiger charge is 2.09. The third-order valence-electron chi connectivity index (χ3n) is 2.75. The number of anilines is 1. The normalized spacial score (nSPS) is 10.3. The van der Waals surface area contributed by atoms with Gasteiger partial charge in [-0.1, -0.05) is 23.7 Å². The third-order valence-corrected chi connectivity index (χ3v) is 3.00. The summed E-state index contributed by atoms with van der Waals surface area (Å²) >= 11 is 5.78. The minimum absolute atomic E-state index is 0.265. The van der Waals surface area contributed by atoms with Crippen LogP contribution in [0.5, 0.6) is 0 Å². The van der Waals surface area contributed by atoms with Crippen molar-refractivity contribution in [2.24, 2.45) is 0 Å². The number of nitrogens with one attached hydrogen (secondary N) is 1. The molecule has 0 aliphatic rings. The van der Waals surface area contributed by atoms with E-state index in [-0.39, 0.29) is 5.69 Å². The fourth-order valence-electron chi connectivity index (χ4n) is 1.78. The molecule has 6 heteroatoms. The van der Waals surface area contributed by atoms with Crippen LogP contribution in [0.3, 0.4) is 0 Å². The molecule has 1 N–H and O–H groups in total. The van der Waals surface area contributed by atoms with Crippen molar-refractivity contribution in [3.8, 4) is 0 Å². The van der Waals surface area contributed by atoms with Gasteiger partial charge in [0.25, 0.3) is 5.69 Å². The van der Waals surface area contributed by atoms with E-state index >= 15 is 0 Å². The maximum Gasteiger partial charge on any atom is 0.274 e. The van der Waals surface area contributed by atoms with E-state index in [0.29, 0.717) is 23.7 Å². The number of nitro benzene ring substituents is 1. The van der Waals surface area contributed by atoms with E-state index in [2.05, 4.69) is 5.32 Å². The number of rotatable bonds is 5. The smallest absolute Gasteiger partial charge is 0.274 e. The fourth-order valence-corrected chi connectivity index (χ4v) is 1.91. The van der Waals surface area contributed by atoms with Crippen LogP contribution in [0.15, 0.2) is 42.5 Å². The Morgan fingerprint density at radius 1 is 1.20 bits per heavy atom. The van der Waals surface area contributed by atoms with Gasteiger partial charge in [-0.3, -0.25) is 10.1 Å². The van der Waals surface area contributed by atoms with Gasteiger partial charge in [0.1, 0.15) is 5.82 Å². The van der Waals surface area contributed by atoms with Crippen LogP contribution in [0.1, 0.15) is 5.56 Å². The first-order valence-corrected chi connectivity index (χ1v) is 6.36. The van der Waals surface area contributed by atoms with Gasteiger partial charge in [-0.25, -0.2) is 4.39 Å². The maximum atomic E-state index is 13.2. The van der Waals surface area contributed by atoms with Gasteiger partial charge in [0.15, 0.2) is 0 Å². The quantitative estimate of drug-likeness (QED) is 0.669. The van der Waals surface area contributed by atoms with Crippen molar-refractivity contribution in [2.75, 3.05) is 11.9 Å². The molecule has 0 aliphatic carbocycles.